The van der Waals surface area contributed by atoms with Gasteiger partial charge >= 0.3 is 5.97 Å². The number of benzene rings is 1. The molecule has 5 heteroatoms. The van der Waals surface area contributed by atoms with Crippen molar-refractivity contribution < 1.29 is 14.6 Å². The fourth-order valence-corrected chi connectivity index (χ4v) is 1.92. The molecule has 0 spiro atoms. The summed E-state index contributed by atoms with van der Waals surface area (Å²) >= 11 is 0. The molecule has 0 amide bonds. The average molecular weight is 302 g/mol. The molecule has 0 aliphatic rings. The van der Waals surface area contributed by atoms with E-state index in [1.54, 1.807) is 0 Å². The van der Waals surface area contributed by atoms with Crippen molar-refractivity contribution in [3.63, 3.8) is 0 Å². The summed E-state index contributed by atoms with van der Waals surface area (Å²) in [5.41, 5.74) is 2.27. The minimum atomic E-state index is -0.791. The Morgan fingerprint density at radius 1 is 1.30 bits per heavy atom. The smallest absolute Gasteiger partial charge is 0.317 e. The number of hydrogen-bond donors (Lipinski definition) is 1. The average Bonchev–Trinajstić information content (AvgIpc) is 2.33. The zero-order valence-electron chi connectivity index (χ0n) is 12.4. The van der Waals surface area contributed by atoms with Crippen molar-refractivity contribution in [3.05, 3.63) is 29.3 Å². The van der Waals surface area contributed by atoms with Gasteiger partial charge in [-0.3, -0.25) is 9.69 Å². The monoisotopic (exact) mass is 301 g/mol. The number of carbonyl (C=O) groups is 1. The van der Waals surface area contributed by atoms with Crippen LogP contribution in [0.25, 0.3) is 0 Å². The van der Waals surface area contributed by atoms with Crippen LogP contribution in [0.4, 0.5) is 0 Å². The SMILES string of the molecule is CCCN(CCOc1cc(C)ccc1C)CC(=O)O.Cl. The molecule has 1 N–H and O–H groups in total. The highest BCUT2D eigenvalue weighted by molar-refractivity contribution is 5.85. The molecule has 0 saturated carbocycles. The normalized spacial score (nSPS) is 10.2. The van der Waals surface area contributed by atoms with Gasteiger partial charge in [0.2, 0.25) is 0 Å². The first kappa shape index (κ1) is 18.7. The third-order valence-corrected chi connectivity index (χ3v) is 2.91. The molecule has 20 heavy (non-hydrogen) atoms. The second kappa shape index (κ2) is 9.61. The van der Waals surface area contributed by atoms with Crippen LogP contribution < -0.4 is 4.74 Å². The number of nitrogens with zero attached hydrogens (tertiary/aromatic N) is 1. The Bertz CT molecular complexity index is 424. The largest absolute Gasteiger partial charge is 0.492 e. The number of rotatable bonds is 8. The molecule has 0 radical (unpaired) electrons. The van der Waals surface area contributed by atoms with Gasteiger partial charge in [0.25, 0.3) is 0 Å². The number of ether oxygens (including phenoxy) is 1. The molecule has 114 valence electrons. The number of halogens is 1. The lowest BCUT2D eigenvalue weighted by molar-refractivity contribution is -0.138. The van der Waals surface area contributed by atoms with Gasteiger partial charge in [-0.15, -0.1) is 12.4 Å². The number of carboxylic acid groups (broad SMARTS) is 1. The summed E-state index contributed by atoms with van der Waals surface area (Å²) in [5.74, 6) is 0.0898. The molecule has 0 heterocycles. The van der Waals surface area contributed by atoms with Crippen LogP contribution in [0.1, 0.15) is 24.5 Å². The first-order valence-electron chi connectivity index (χ1n) is 6.67. The molecule has 0 bridgehead atoms. The Kier molecular flexibility index (Phi) is 9.01. The number of hydrogen-bond acceptors (Lipinski definition) is 3. The van der Waals surface area contributed by atoms with Crippen molar-refractivity contribution in [3.8, 4) is 5.75 Å². The van der Waals surface area contributed by atoms with Gasteiger partial charge in [-0.25, -0.2) is 0 Å². The maximum atomic E-state index is 10.7. The molecule has 0 aromatic heterocycles. The van der Waals surface area contributed by atoms with Crippen molar-refractivity contribution in [2.75, 3.05) is 26.2 Å². The molecule has 0 saturated heterocycles. The van der Waals surface area contributed by atoms with Crippen molar-refractivity contribution in [2.24, 2.45) is 0 Å². The van der Waals surface area contributed by atoms with E-state index in [9.17, 15) is 4.79 Å². The van der Waals surface area contributed by atoms with Crippen molar-refractivity contribution >= 4 is 18.4 Å². The number of aliphatic carboxylic acids is 1. The van der Waals surface area contributed by atoms with Crippen LogP contribution in [0.15, 0.2) is 18.2 Å². The Balaban J connectivity index is 0.00000361. The molecule has 0 atom stereocenters. The summed E-state index contributed by atoms with van der Waals surface area (Å²) in [4.78, 5) is 12.6. The van der Waals surface area contributed by atoms with E-state index in [0.717, 1.165) is 29.8 Å². The summed E-state index contributed by atoms with van der Waals surface area (Å²) in [6, 6.07) is 6.10. The van der Waals surface area contributed by atoms with E-state index in [2.05, 4.69) is 6.07 Å². The Morgan fingerprint density at radius 3 is 2.60 bits per heavy atom. The molecule has 1 rings (SSSR count). The minimum Gasteiger partial charge on any atom is -0.492 e. The molecule has 4 nitrogen and oxygen atoms in total. The van der Waals surface area contributed by atoms with Crippen LogP contribution in [-0.2, 0) is 4.79 Å². The molecule has 0 unspecified atom stereocenters. The highest BCUT2D eigenvalue weighted by Gasteiger charge is 2.09. The second-order valence-electron chi connectivity index (χ2n) is 4.79. The van der Waals surface area contributed by atoms with Gasteiger partial charge in [0.15, 0.2) is 0 Å². The zero-order chi connectivity index (χ0) is 14.3. The fourth-order valence-electron chi connectivity index (χ4n) is 1.92. The van der Waals surface area contributed by atoms with Gasteiger partial charge in [0, 0.05) is 6.54 Å². The van der Waals surface area contributed by atoms with Gasteiger partial charge in [-0.1, -0.05) is 19.1 Å². The highest BCUT2D eigenvalue weighted by atomic mass is 35.5. The fraction of sp³-hybridized carbons (Fsp3) is 0.533. The van der Waals surface area contributed by atoms with Crippen LogP contribution in [0.3, 0.4) is 0 Å². The van der Waals surface area contributed by atoms with Gasteiger partial charge in [-0.2, -0.15) is 0 Å². The summed E-state index contributed by atoms with van der Waals surface area (Å²) in [6.07, 6.45) is 0.941. The van der Waals surface area contributed by atoms with Crippen LogP contribution in [0.2, 0.25) is 0 Å². The first-order chi connectivity index (χ1) is 9.02. The van der Waals surface area contributed by atoms with Crippen LogP contribution in [0.5, 0.6) is 5.75 Å². The Hall–Kier alpha value is -1.26. The lowest BCUT2D eigenvalue weighted by atomic mass is 10.1. The number of aryl methyl sites for hydroxylation is 2. The third kappa shape index (κ3) is 6.78. The van der Waals surface area contributed by atoms with Crippen LogP contribution >= 0.6 is 12.4 Å². The lowest BCUT2D eigenvalue weighted by Gasteiger charge is -2.20. The maximum absolute atomic E-state index is 10.7. The van der Waals surface area contributed by atoms with Crippen LogP contribution in [0, 0.1) is 13.8 Å². The quantitative estimate of drug-likeness (QED) is 0.802. The van der Waals surface area contributed by atoms with E-state index in [-0.39, 0.29) is 19.0 Å². The molecule has 0 fully saturated rings. The molecule has 1 aromatic rings. The second-order valence-corrected chi connectivity index (χ2v) is 4.79. The molecular formula is C15H24ClNO3. The summed E-state index contributed by atoms with van der Waals surface area (Å²) < 4.78 is 5.74. The predicted octanol–water partition coefficient (Wildman–Crippen LogP) is 2.90. The first-order valence-corrected chi connectivity index (χ1v) is 6.67. The van der Waals surface area contributed by atoms with Gasteiger partial charge in [0.1, 0.15) is 12.4 Å². The van der Waals surface area contributed by atoms with E-state index < -0.39 is 5.97 Å². The van der Waals surface area contributed by atoms with E-state index in [0.29, 0.717) is 13.2 Å². The predicted molar refractivity (Wildman–Crippen MR) is 83.0 cm³/mol. The van der Waals surface area contributed by atoms with Gasteiger partial charge < -0.3 is 9.84 Å². The van der Waals surface area contributed by atoms with E-state index in [1.165, 1.54) is 0 Å². The Labute approximate surface area is 127 Å². The van der Waals surface area contributed by atoms with Crippen molar-refractivity contribution in [1.82, 2.24) is 4.90 Å². The highest BCUT2D eigenvalue weighted by Crippen LogP contribution is 2.18. The van der Waals surface area contributed by atoms with Crippen molar-refractivity contribution in [1.29, 1.82) is 0 Å². The zero-order valence-corrected chi connectivity index (χ0v) is 13.2. The van der Waals surface area contributed by atoms with E-state index in [4.69, 9.17) is 9.84 Å². The van der Waals surface area contributed by atoms with E-state index in [1.807, 2.05) is 37.8 Å². The third-order valence-electron chi connectivity index (χ3n) is 2.91. The number of carboxylic acids is 1. The molecule has 0 aliphatic carbocycles. The molecule has 0 aliphatic heterocycles. The van der Waals surface area contributed by atoms with Crippen LogP contribution in [-0.4, -0.2) is 42.2 Å². The van der Waals surface area contributed by atoms with Gasteiger partial charge in [0.05, 0.1) is 6.54 Å². The van der Waals surface area contributed by atoms with E-state index >= 15 is 0 Å². The van der Waals surface area contributed by atoms with Gasteiger partial charge in [-0.05, 0) is 44.0 Å². The summed E-state index contributed by atoms with van der Waals surface area (Å²) in [7, 11) is 0. The lowest BCUT2D eigenvalue weighted by Crippen LogP contribution is -2.34. The Morgan fingerprint density at radius 2 is 2.00 bits per heavy atom. The maximum Gasteiger partial charge on any atom is 0.317 e. The molecular weight excluding hydrogens is 278 g/mol. The minimum absolute atomic E-state index is 0. The summed E-state index contributed by atoms with van der Waals surface area (Å²) in [5, 5.41) is 8.82. The standard InChI is InChI=1S/C15H23NO3.ClH/c1-4-7-16(11-15(17)18)8-9-19-14-10-12(2)5-6-13(14)3;/h5-6,10H,4,7-9,11H2,1-3H3,(H,17,18);1H. The summed E-state index contributed by atoms with van der Waals surface area (Å²) in [6.45, 7) is 8.08. The van der Waals surface area contributed by atoms with Crippen molar-refractivity contribution in [2.45, 2.75) is 27.2 Å². The topological polar surface area (TPSA) is 49.8 Å². The molecule has 1 aromatic carbocycles.